The maximum Gasteiger partial charge on any atom is 0.309 e. The third-order valence-electron chi connectivity index (χ3n) is 5.82. The maximum atomic E-state index is 11.5. The average Bonchev–Trinajstić information content (AvgIpc) is 3.54. The van der Waals surface area contributed by atoms with E-state index in [0.717, 1.165) is 40.9 Å². The van der Waals surface area contributed by atoms with Gasteiger partial charge in [-0.2, -0.15) is 0 Å². The molecule has 0 saturated carbocycles. The zero-order valence-electron chi connectivity index (χ0n) is 19.8. The summed E-state index contributed by atoms with van der Waals surface area (Å²) in [4.78, 5) is 16.2. The van der Waals surface area contributed by atoms with Crippen molar-refractivity contribution in [3.05, 3.63) is 59.9 Å². The Balaban J connectivity index is 1.52. The largest absolute Gasteiger partial charge is 0.491 e. The van der Waals surface area contributed by atoms with E-state index in [-0.39, 0.29) is 11.8 Å². The van der Waals surface area contributed by atoms with Crippen LogP contribution in [0, 0.1) is 0 Å². The molecule has 0 aliphatic heterocycles. The van der Waals surface area contributed by atoms with Crippen LogP contribution in [-0.2, 0) is 17.8 Å². The van der Waals surface area contributed by atoms with Crippen molar-refractivity contribution in [3.63, 3.8) is 0 Å². The lowest BCUT2D eigenvalue weighted by atomic mass is 9.98. The van der Waals surface area contributed by atoms with Gasteiger partial charge in [0, 0.05) is 25.5 Å². The molecule has 0 unspecified atom stereocenters. The van der Waals surface area contributed by atoms with Crippen molar-refractivity contribution in [2.45, 2.75) is 39.7 Å². The number of carbonyl (C=O) groups is 1. The van der Waals surface area contributed by atoms with Gasteiger partial charge in [-0.1, -0.05) is 61.9 Å². The molecule has 0 amide bonds. The van der Waals surface area contributed by atoms with E-state index in [2.05, 4.69) is 42.7 Å². The lowest BCUT2D eigenvalue weighted by Gasteiger charge is -2.12. The van der Waals surface area contributed by atoms with Crippen LogP contribution < -0.4 is 4.74 Å². The number of aromatic hydroxyl groups is 1. The molecule has 36 heavy (non-hydrogen) atoms. The van der Waals surface area contributed by atoms with Gasteiger partial charge in [-0.3, -0.25) is 4.79 Å². The fraction of sp³-hybridized carbons (Fsp3) is 0.240. The van der Waals surface area contributed by atoms with E-state index < -0.39 is 5.97 Å². The number of benzene rings is 2. The zero-order chi connectivity index (χ0) is 25.1. The molecular weight excluding hydrogens is 460 g/mol. The molecule has 0 aliphatic rings. The summed E-state index contributed by atoms with van der Waals surface area (Å²) in [5, 5.41) is 32.4. The number of aryl methyl sites for hydroxylation is 1. The molecule has 3 heterocycles. The van der Waals surface area contributed by atoms with Crippen molar-refractivity contribution in [1.82, 2.24) is 40.4 Å². The summed E-state index contributed by atoms with van der Waals surface area (Å²) >= 11 is 0. The summed E-state index contributed by atoms with van der Waals surface area (Å²) < 4.78 is 7.10. The summed E-state index contributed by atoms with van der Waals surface area (Å²) in [6.45, 7) is 3.83. The highest BCUT2D eigenvalue weighted by atomic mass is 16.5. The lowest BCUT2D eigenvalue weighted by Crippen LogP contribution is -2.07. The van der Waals surface area contributed by atoms with E-state index in [0.29, 0.717) is 29.8 Å². The van der Waals surface area contributed by atoms with Crippen LogP contribution >= 0.6 is 0 Å². The summed E-state index contributed by atoms with van der Waals surface area (Å²) in [6.07, 6.45) is 2.60. The number of fused-ring (bicyclic) bond motifs is 1. The molecule has 0 bridgehead atoms. The standard InChI is InChI=1S/C25H24N8O3/c1-3-4-9-20-26-21-22(24(35)29-30-25(21)36-15(2)34)33(20)14-16-10-12-17(13-11-16)18-7-5-6-8-19(18)23-27-31-32-28-23/h5-8,10-13H,3-4,9,14H2,1-2H3,(H,29,35)(H,27,28,31,32). The highest BCUT2D eigenvalue weighted by Crippen LogP contribution is 2.32. The molecular formula is C25H24N8O3. The van der Waals surface area contributed by atoms with E-state index in [1.165, 1.54) is 6.92 Å². The lowest BCUT2D eigenvalue weighted by molar-refractivity contribution is -0.132. The van der Waals surface area contributed by atoms with Crippen molar-refractivity contribution < 1.29 is 14.6 Å². The number of esters is 1. The maximum absolute atomic E-state index is 11.5. The van der Waals surface area contributed by atoms with Crippen LogP contribution in [0.15, 0.2) is 48.5 Å². The highest BCUT2D eigenvalue weighted by molar-refractivity contribution is 5.86. The summed E-state index contributed by atoms with van der Waals surface area (Å²) in [7, 11) is 0. The van der Waals surface area contributed by atoms with Gasteiger partial charge in [0.05, 0.1) is 0 Å². The number of tetrazole rings is 1. The van der Waals surface area contributed by atoms with Crippen LogP contribution in [0.4, 0.5) is 0 Å². The van der Waals surface area contributed by atoms with Crippen LogP contribution in [0.5, 0.6) is 11.8 Å². The minimum Gasteiger partial charge on any atom is -0.491 e. The van der Waals surface area contributed by atoms with Gasteiger partial charge in [-0.15, -0.1) is 15.3 Å². The van der Waals surface area contributed by atoms with Crippen molar-refractivity contribution >= 4 is 17.0 Å². The average molecular weight is 485 g/mol. The molecule has 11 nitrogen and oxygen atoms in total. The van der Waals surface area contributed by atoms with Crippen molar-refractivity contribution in [2.75, 3.05) is 0 Å². The van der Waals surface area contributed by atoms with Gasteiger partial charge in [-0.05, 0) is 33.5 Å². The Morgan fingerprint density at radius 3 is 2.53 bits per heavy atom. The van der Waals surface area contributed by atoms with E-state index in [9.17, 15) is 9.90 Å². The number of aromatic amines is 1. The molecule has 5 aromatic rings. The molecule has 3 aromatic heterocycles. The number of rotatable bonds is 8. The monoisotopic (exact) mass is 484 g/mol. The Bertz CT molecular complexity index is 1510. The molecule has 0 aliphatic carbocycles. The predicted molar refractivity (Wildman–Crippen MR) is 131 cm³/mol. The summed E-state index contributed by atoms with van der Waals surface area (Å²) in [5.74, 6) is 0.554. The molecule has 5 rings (SSSR count). The smallest absolute Gasteiger partial charge is 0.309 e. The SMILES string of the molecule is CCCCc1nc2c(OC(C)=O)nnc(O)c2n1Cc1ccc(-c2ccccc2-c2nnn[nH]2)cc1. The Hall–Kier alpha value is -4.67. The van der Waals surface area contributed by atoms with Gasteiger partial charge in [0.25, 0.3) is 11.8 Å². The van der Waals surface area contributed by atoms with Gasteiger partial charge in [-0.25, -0.2) is 10.1 Å². The van der Waals surface area contributed by atoms with E-state index in [1.807, 2.05) is 53.1 Å². The number of H-pyrrole nitrogens is 1. The van der Waals surface area contributed by atoms with Crippen LogP contribution in [0.3, 0.4) is 0 Å². The Labute approximate surface area is 206 Å². The van der Waals surface area contributed by atoms with Gasteiger partial charge < -0.3 is 14.4 Å². The van der Waals surface area contributed by atoms with Gasteiger partial charge >= 0.3 is 5.97 Å². The van der Waals surface area contributed by atoms with Gasteiger partial charge in [0.1, 0.15) is 11.3 Å². The number of aromatic nitrogens is 8. The predicted octanol–water partition coefficient (Wildman–Crippen LogP) is 3.70. The van der Waals surface area contributed by atoms with E-state index in [4.69, 9.17) is 4.74 Å². The number of nitrogens with zero attached hydrogens (tertiary/aromatic N) is 7. The quantitative estimate of drug-likeness (QED) is 0.315. The molecule has 0 saturated heterocycles. The zero-order valence-corrected chi connectivity index (χ0v) is 19.8. The third-order valence-corrected chi connectivity index (χ3v) is 5.82. The third kappa shape index (κ3) is 4.50. The van der Waals surface area contributed by atoms with Crippen molar-refractivity contribution in [1.29, 1.82) is 0 Å². The van der Waals surface area contributed by atoms with Crippen molar-refractivity contribution in [2.24, 2.45) is 0 Å². The first-order valence-electron chi connectivity index (χ1n) is 11.6. The first-order chi connectivity index (χ1) is 17.5. The second-order valence-corrected chi connectivity index (χ2v) is 8.33. The number of unbranched alkanes of at least 4 members (excludes halogenated alkanes) is 1. The molecule has 0 fully saturated rings. The first-order valence-corrected chi connectivity index (χ1v) is 11.6. The van der Waals surface area contributed by atoms with Crippen LogP contribution in [-0.4, -0.2) is 51.4 Å². The molecule has 182 valence electrons. The minimum atomic E-state index is -0.530. The number of hydrogen-bond donors (Lipinski definition) is 2. The fourth-order valence-electron chi connectivity index (χ4n) is 4.15. The number of ether oxygens (including phenoxy) is 1. The molecule has 2 aromatic carbocycles. The Kier molecular flexibility index (Phi) is 6.35. The number of imidazole rings is 1. The molecule has 11 heteroatoms. The number of carbonyl (C=O) groups excluding carboxylic acids is 1. The number of nitrogens with one attached hydrogen (secondary N) is 1. The molecule has 0 spiro atoms. The normalized spacial score (nSPS) is 11.2. The first kappa shape index (κ1) is 23.1. The Morgan fingerprint density at radius 2 is 1.83 bits per heavy atom. The van der Waals surface area contributed by atoms with Crippen molar-refractivity contribution in [3.8, 4) is 34.3 Å². The highest BCUT2D eigenvalue weighted by Gasteiger charge is 2.21. The summed E-state index contributed by atoms with van der Waals surface area (Å²) in [5.41, 5.74) is 4.62. The van der Waals surface area contributed by atoms with Crippen LogP contribution in [0.1, 0.15) is 38.1 Å². The fourth-order valence-corrected chi connectivity index (χ4v) is 4.15. The molecule has 2 N–H and O–H groups in total. The topological polar surface area (TPSA) is 145 Å². The van der Waals surface area contributed by atoms with Crippen LogP contribution in [0.25, 0.3) is 33.5 Å². The second kappa shape index (κ2) is 9.90. The van der Waals surface area contributed by atoms with E-state index >= 15 is 0 Å². The van der Waals surface area contributed by atoms with Crippen LogP contribution in [0.2, 0.25) is 0 Å². The second-order valence-electron chi connectivity index (χ2n) is 8.33. The number of hydrogen-bond acceptors (Lipinski definition) is 9. The molecule has 0 radical (unpaired) electrons. The minimum absolute atomic E-state index is 0.0133. The van der Waals surface area contributed by atoms with Gasteiger partial charge in [0.15, 0.2) is 11.3 Å². The molecule has 0 atom stereocenters. The van der Waals surface area contributed by atoms with E-state index in [1.54, 1.807) is 0 Å². The summed E-state index contributed by atoms with van der Waals surface area (Å²) in [6, 6.07) is 16.0. The van der Waals surface area contributed by atoms with Gasteiger partial charge in [0.2, 0.25) is 0 Å². The Morgan fingerprint density at radius 1 is 1.06 bits per heavy atom.